The number of hydrogen-bond acceptors (Lipinski definition) is 6. The van der Waals surface area contributed by atoms with Crippen molar-refractivity contribution in [3.8, 4) is 0 Å². The van der Waals surface area contributed by atoms with Crippen molar-refractivity contribution in [2.75, 3.05) is 19.0 Å². The number of thioether (sulfide) groups is 1. The highest BCUT2D eigenvalue weighted by atomic mass is 32.2. The van der Waals surface area contributed by atoms with Gasteiger partial charge in [0.15, 0.2) is 8.32 Å². The van der Waals surface area contributed by atoms with E-state index in [1.807, 2.05) is 6.92 Å². The van der Waals surface area contributed by atoms with Crippen LogP contribution in [0.3, 0.4) is 0 Å². The van der Waals surface area contributed by atoms with Crippen LogP contribution in [0.2, 0.25) is 19.6 Å². The number of carbonyl (C=O) groups excluding carboxylic acids is 2. The lowest BCUT2D eigenvalue weighted by Gasteiger charge is -2.48. The minimum Gasteiger partial charge on any atom is -0.457 e. The fourth-order valence-corrected chi connectivity index (χ4v) is 6.04. The van der Waals surface area contributed by atoms with Crippen LogP contribution in [-0.4, -0.2) is 62.3 Å². The largest absolute Gasteiger partial charge is 0.457 e. The number of fused-ring (bicyclic) bond motifs is 3. The van der Waals surface area contributed by atoms with Gasteiger partial charge in [-0.15, -0.1) is 11.8 Å². The van der Waals surface area contributed by atoms with Crippen LogP contribution >= 0.6 is 11.8 Å². The molecule has 4 atom stereocenters. The Labute approximate surface area is 153 Å². The van der Waals surface area contributed by atoms with Crippen molar-refractivity contribution in [2.45, 2.75) is 44.8 Å². The lowest BCUT2D eigenvalue weighted by Crippen LogP contribution is -2.66. The Kier molecular flexibility index (Phi) is 5.16. The zero-order valence-electron chi connectivity index (χ0n) is 15.1. The molecule has 0 unspecified atom stereocenters. The van der Waals surface area contributed by atoms with E-state index in [4.69, 9.17) is 13.9 Å². The van der Waals surface area contributed by atoms with Crippen LogP contribution in [-0.2, 0) is 23.5 Å². The van der Waals surface area contributed by atoms with Gasteiger partial charge in [-0.1, -0.05) is 12.7 Å². The smallest absolute Gasteiger partial charge is 0.356 e. The molecule has 0 aromatic carbocycles. The molecule has 3 heterocycles. The van der Waals surface area contributed by atoms with Crippen LogP contribution < -0.4 is 0 Å². The van der Waals surface area contributed by atoms with E-state index in [1.54, 1.807) is 16.7 Å². The average molecular weight is 384 g/mol. The highest BCUT2D eigenvalue weighted by Gasteiger charge is 2.63. The molecule has 0 bridgehead atoms. The summed E-state index contributed by atoms with van der Waals surface area (Å²) in [6.45, 7) is 12.6. The van der Waals surface area contributed by atoms with Gasteiger partial charge in [0, 0.05) is 10.7 Å². The summed E-state index contributed by atoms with van der Waals surface area (Å²) in [5, 5.41) is 0. The van der Waals surface area contributed by atoms with Crippen LogP contribution in [0, 0.1) is 5.92 Å². The fraction of sp³-hybridized carbons (Fsp3) is 0.647. The Hall–Kier alpha value is -1.09. The first-order valence-electron chi connectivity index (χ1n) is 8.53. The van der Waals surface area contributed by atoms with Crippen molar-refractivity contribution >= 4 is 32.0 Å². The summed E-state index contributed by atoms with van der Waals surface area (Å²) in [6, 6.07) is -0.173. The van der Waals surface area contributed by atoms with Gasteiger partial charge in [0.2, 0.25) is 5.91 Å². The molecule has 2 fully saturated rings. The SMILES string of the molecule is C=CCOC(=O)C1=C2SCCO[C@@H]2[C@@H]2[C@@H]([C@@H](C)O[Si](C)(C)C)C(=O)N12. The molecule has 0 aliphatic carbocycles. The van der Waals surface area contributed by atoms with Crippen molar-refractivity contribution in [2.24, 2.45) is 5.92 Å². The number of ether oxygens (including phenoxy) is 2. The Bertz CT molecular complexity index is 629. The second-order valence-electron chi connectivity index (χ2n) is 7.40. The summed E-state index contributed by atoms with van der Waals surface area (Å²) in [4.78, 5) is 27.7. The average Bonchev–Trinajstić information content (AvgIpc) is 2.82. The quantitative estimate of drug-likeness (QED) is 0.303. The second-order valence-corrected chi connectivity index (χ2v) is 13.0. The Morgan fingerprint density at radius 1 is 1.52 bits per heavy atom. The van der Waals surface area contributed by atoms with Crippen LogP contribution in [0.4, 0.5) is 0 Å². The van der Waals surface area contributed by atoms with E-state index in [2.05, 4.69) is 26.2 Å². The summed E-state index contributed by atoms with van der Waals surface area (Å²) >= 11 is 1.58. The number of β-lactam (4-membered cyclic amide) rings is 1. The molecule has 25 heavy (non-hydrogen) atoms. The number of esters is 1. The topological polar surface area (TPSA) is 65.1 Å². The third-order valence-corrected chi connectivity index (χ3v) is 6.63. The van der Waals surface area contributed by atoms with Gasteiger partial charge in [-0.25, -0.2) is 4.79 Å². The summed E-state index contributed by atoms with van der Waals surface area (Å²) in [6.07, 6.45) is 1.07. The molecule has 2 saturated heterocycles. The lowest BCUT2D eigenvalue weighted by atomic mass is 9.82. The van der Waals surface area contributed by atoms with Crippen molar-refractivity contribution in [3.63, 3.8) is 0 Å². The van der Waals surface area contributed by atoms with E-state index >= 15 is 0 Å². The van der Waals surface area contributed by atoms with E-state index in [9.17, 15) is 9.59 Å². The molecular formula is C17H25NO5SSi. The number of carbonyl (C=O) groups is 2. The maximum Gasteiger partial charge on any atom is 0.356 e. The maximum absolute atomic E-state index is 12.8. The standard InChI is InChI=1S/C17H25NO5SSi/c1-6-7-22-17(20)13-15-14(21-8-9-24-15)12-11(16(19)18(12)13)10(2)23-25(3,4)5/h6,10-12,14H,1,7-9H2,2-5H3/t10-,11-,12+,14-/m1/s1. The molecule has 1 amide bonds. The molecule has 3 rings (SSSR count). The minimum atomic E-state index is -1.77. The van der Waals surface area contributed by atoms with Crippen LogP contribution in [0.1, 0.15) is 6.92 Å². The van der Waals surface area contributed by atoms with Crippen molar-refractivity contribution in [1.29, 1.82) is 0 Å². The van der Waals surface area contributed by atoms with E-state index in [-0.39, 0.29) is 36.7 Å². The number of hydrogen-bond donors (Lipinski definition) is 0. The molecule has 0 aromatic rings. The van der Waals surface area contributed by atoms with Crippen LogP contribution in [0.15, 0.2) is 23.3 Å². The highest BCUT2D eigenvalue weighted by Crippen LogP contribution is 2.50. The van der Waals surface area contributed by atoms with Gasteiger partial charge in [-0.05, 0) is 26.6 Å². The van der Waals surface area contributed by atoms with E-state index in [0.29, 0.717) is 12.3 Å². The monoisotopic (exact) mass is 383 g/mol. The first-order valence-corrected chi connectivity index (χ1v) is 12.9. The van der Waals surface area contributed by atoms with E-state index in [0.717, 1.165) is 10.7 Å². The molecule has 0 radical (unpaired) electrons. The van der Waals surface area contributed by atoms with Crippen LogP contribution in [0.25, 0.3) is 0 Å². The van der Waals surface area contributed by atoms with Crippen molar-refractivity contribution < 1.29 is 23.5 Å². The highest BCUT2D eigenvalue weighted by molar-refractivity contribution is 8.03. The Morgan fingerprint density at radius 3 is 2.88 bits per heavy atom. The van der Waals surface area contributed by atoms with E-state index in [1.165, 1.54) is 6.08 Å². The fourth-order valence-electron chi connectivity index (χ4n) is 3.69. The van der Waals surface area contributed by atoms with Crippen molar-refractivity contribution in [1.82, 2.24) is 4.90 Å². The summed E-state index contributed by atoms with van der Waals surface area (Å²) in [5.41, 5.74) is 0.350. The number of nitrogens with zero attached hydrogens (tertiary/aromatic N) is 1. The van der Waals surface area contributed by atoms with E-state index < -0.39 is 14.3 Å². The molecule has 3 aliphatic heterocycles. The third-order valence-electron chi connectivity index (χ3n) is 4.44. The third kappa shape index (κ3) is 3.32. The molecular weight excluding hydrogens is 358 g/mol. The first-order chi connectivity index (χ1) is 11.8. The van der Waals surface area contributed by atoms with Gasteiger partial charge in [-0.3, -0.25) is 9.69 Å². The van der Waals surface area contributed by atoms with Gasteiger partial charge < -0.3 is 13.9 Å². The normalized spacial score (nSPS) is 29.7. The molecule has 3 aliphatic rings. The zero-order valence-corrected chi connectivity index (χ0v) is 16.9. The Balaban J connectivity index is 1.85. The molecule has 6 nitrogen and oxygen atoms in total. The lowest BCUT2D eigenvalue weighted by molar-refractivity contribution is -0.167. The summed E-state index contributed by atoms with van der Waals surface area (Å²) in [7, 11) is -1.77. The predicted molar refractivity (Wildman–Crippen MR) is 98.4 cm³/mol. The van der Waals surface area contributed by atoms with Gasteiger partial charge in [0.1, 0.15) is 18.4 Å². The summed E-state index contributed by atoms with van der Waals surface area (Å²) < 4.78 is 17.3. The number of rotatable bonds is 6. The first kappa shape index (κ1) is 18.7. The molecule has 0 saturated carbocycles. The molecule has 8 heteroatoms. The van der Waals surface area contributed by atoms with Gasteiger partial charge in [-0.2, -0.15) is 0 Å². The molecule has 0 N–H and O–H groups in total. The zero-order chi connectivity index (χ0) is 18.4. The molecule has 138 valence electrons. The summed E-state index contributed by atoms with van der Waals surface area (Å²) in [5.74, 6) is -0.0711. The second kappa shape index (κ2) is 6.90. The van der Waals surface area contributed by atoms with Gasteiger partial charge in [0.25, 0.3) is 0 Å². The molecule has 0 aromatic heterocycles. The molecule has 0 spiro atoms. The predicted octanol–water partition coefficient (Wildman–Crippen LogP) is 2.14. The number of amides is 1. The van der Waals surface area contributed by atoms with Gasteiger partial charge in [0.05, 0.1) is 24.7 Å². The van der Waals surface area contributed by atoms with Gasteiger partial charge >= 0.3 is 5.97 Å². The van der Waals surface area contributed by atoms with Crippen molar-refractivity contribution in [3.05, 3.63) is 23.3 Å². The maximum atomic E-state index is 12.8. The van der Waals surface area contributed by atoms with Crippen LogP contribution in [0.5, 0.6) is 0 Å². The minimum absolute atomic E-state index is 0.0765. The Morgan fingerprint density at radius 2 is 2.24 bits per heavy atom.